The molecule has 0 fully saturated rings. The van der Waals surface area contributed by atoms with E-state index in [1.54, 1.807) is 30.3 Å². The molecule has 0 saturated carbocycles. The summed E-state index contributed by atoms with van der Waals surface area (Å²) in [5.74, 6) is 0.858. The van der Waals surface area contributed by atoms with Crippen LogP contribution in [-0.2, 0) is 6.61 Å². The van der Waals surface area contributed by atoms with Crippen LogP contribution in [0, 0.1) is 11.3 Å². The molecule has 7 nitrogen and oxygen atoms in total. The first-order chi connectivity index (χ1) is 13.0. The minimum atomic E-state index is -0.0369. The molecule has 0 aliphatic rings. The molecule has 0 spiro atoms. The predicted molar refractivity (Wildman–Crippen MR) is 103 cm³/mol. The van der Waals surface area contributed by atoms with Crippen LogP contribution in [0.5, 0.6) is 11.5 Å². The van der Waals surface area contributed by atoms with Crippen LogP contribution in [-0.4, -0.2) is 17.1 Å². The van der Waals surface area contributed by atoms with Crippen molar-refractivity contribution in [3.05, 3.63) is 58.6 Å². The topological polar surface area (TPSA) is 120 Å². The molecule has 136 valence electrons. The molecule has 3 aromatic rings. The van der Waals surface area contributed by atoms with Gasteiger partial charge in [-0.3, -0.25) is 0 Å². The third-order valence-electron chi connectivity index (χ3n) is 3.79. The number of nitrogens with two attached hydrogens (primary N) is 2. The first-order valence-corrected chi connectivity index (χ1v) is 8.29. The Labute approximate surface area is 161 Å². The third kappa shape index (κ3) is 3.86. The van der Waals surface area contributed by atoms with Crippen LogP contribution >= 0.6 is 11.6 Å². The Hall–Kier alpha value is -3.50. The van der Waals surface area contributed by atoms with E-state index in [1.807, 2.05) is 18.2 Å². The van der Waals surface area contributed by atoms with Crippen molar-refractivity contribution in [1.82, 2.24) is 9.97 Å². The zero-order valence-electron chi connectivity index (χ0n) is 14.4. The van der Waals surface area contributed by atoms with Crippen LogP contribution in [0.3, 0.4) is 0 Å². The Kier molecular flexibility index (Phi) is 5.29. The molecule has 1 aromatic heterocycles. The average molecular weight is 382 g/mol. The van der Waals surface area contributed by atoms with Crippen LogP contribution in [0.25, 0.3) is 11.3 Å². The first kappa shape index (κ1) is 18.3. The van der Waals surface area contributed by atoms with E-state index >= 15 is 0 Å². The number of methoxy groups -OCH3 is 1. The molecule has 0 amide bonds. The predicted octanol–water partition coefficient (Wildman–Crippen LogP) is 3.42. The summed E-state index contributed by atoms with van der Waals surface area (Å²) in [5.41, 5.74) is 13.4. The van der Waals surface area contributed by atoms with Gasteiger partial charge >= 0.3 is 0 Å². The highest BCUT2D eigenvalue weighted by Gasteiger charge is 2.20. The Morgan fingerprint density at radius 1 is 1.15 bits per heavy atom. The molecule has 1 heterocycles. The lowest BCUT2D eigenvalue weighted by molar-refractivity contribution is 0.286. The van der Waals surface area contributed by atoms with Gasteiger partial charge in [-0.15, -0.1) is 0 Å². The highest BCUT2D eigenvalue weighted by atomic mass is 35.5. The molecule has 3 rings (SSSR count). The first-order valence-electron chi connectivity index (χ1n) is 7.91. The normalized spacial score (nSPS) is 10.3. The standard InChI is InChI=1S/C19H16ClN5O2/c1-26-15-7-3-6-13(16-14(9-21)18(22)25-19(23)24-16)17(15)27-10-11-4-2-5-12(20)8-11/h2-8H,10H2,1H3,(H4,22,23,24,25). The summed E-state index contributed by atoms with van der Waals surface area (Å²) in [6.07, 6.45) is 0. The molecular weight excluding hydrogens is 366 g/mol. The second-order valence-corrected chi connectivity index (χ2v) is 5.99. The van der Waals surface area contributed by atoms with E-state index in [-0.39, 0.29) is 29.6 Å². The molecule has 0 radical (unpaired) electrons. The number of benzene rings is 2. The van der Waals surface area contributed by atoms with Crippen LogP contribution in [0.4, 0.5) is 11.8 Å². The minimum absolute atomic E-state index is 0.00334. The summed E-state index contributed by atoms with van der Waals surface area (Å²) in [4.78, 5) is 8.03. The largest absolute Gasteiger partial charge is 0.493 e. The zero-order valence-corrected chi connectivity index (χ0v) is 15.2. The Morgan fingerprint density at radius 2 is 1.93 bits per heavy atom. The molecule has 0 saturated heterocycles. The van der Waals surface area contributed by atoms with Crippen molar-refractivity contribution in [2.45, 2.75) is 6.61 Å². The van der Waals surface area contributed by atoms with Gasteiger partial charge in [0.25, 0.3) is 0 Å². The van der Waals surface area contributed by atoms with Gasteiger partial charge in [0, 0.05) is 10.6 Å². The van der Waals surface area contributed by atoms with Gasteiger partial charge in [-0.05, 0) is 29.8 Å². The highest BCUT2D eigenvalue weighted by Crippen LogP contribution is 2.40. The van der Waals surface area contributed by atoms with E-state index in [1.165, 1.54) is 7.11 Å². The average Bonchev–Trinajstić information content (AvgIpc) is 2.65. The Morgan fingerprint density at radius 3 is 2.63 bits per heavy atom. The lowest BCUT2D eigenvalue weighted by Gasteiger charge is -2.16. The lowest BCUT2D eigenvalue weighted by atomic mass is 10.1. The lowest BCUT2D eigenvalue weighted by Crippen LogP contribution is -2.06. The SMILES string of the molecule is COc1cccc(-c2nc(N)nc(N)c2C#N)c1OCc1cccc(Cl)c1. The number of nitrogen functional groups attached to an aromatic ring is 2. The number of halogens is 1. The summed E-state index contributed by atoms with van der Waals surface area (Å²) in [6, 6.07) is 14.6. The van der Waals surface area contributed by atoms with Gasteiger partial charge in [0.1, 0.15) is 24.1 Å². The molecular formula is C19H16ClN5O2. The van der Waals surface area contributed by atoms with Crippen molar-refractivity contribution in [2.24, 2.45) is 0 Å². The minimum Gasteiger partial charge on any atom is -0.493 e. The molecule has 0 aliphatic carbocycles. The van der Waals surface area contributed by atoms with Gasteiger partial charge in [0.15, 0.2) is 11.5 Å². The summed E-state index contributed by atoms with van der Waals surface area (Å²) in [5, 5.41) is 10.1. The molecule has 2 aromatic carbocycles. The van der Waals surface area contributed by atoms with E-state index in [4.69, 9.17) is 32.5 Å². The molecule has 0 unspecified atom stereocenters. The summed E-state index contributed by atoms with van der Waals surface area (Å²) < 4.78 is 11.4. The van der Waals surface area contributed by atoms with Crippen LogP contribution in [0.1, 0.15) is 11.1 Å². The van der Waals surface area contributed by atoms with Crippen LogP contribution < -0.4 is 20.9 Å². The quantitative estimate of drug-likeness (QED) is 0.694. The van der Waals surface area contributed by atoms with E-state index in [0.717, 1.165) is 5.56 Å². The smallest absolute Gasteiger partial charge is 0.222 e. The zero-order chi connectivity index (χ0) is 19.4. The fraction of sp³-hybridized carbons (Fsp3) is 0.105. The summed E-state index contributed by atoms with van der Waals surface area (Å²) in [6.45, 7) is 0.242. The van der Waals surface area contributed by atoms with Crippen molar-refractivity contribution in [1.29, 1.82) is 5.26 Å². The van der Waals surface area contributed by atoms with Crippen molar-refractivity contribution in [3.8, 4) is 28.8 Å². The molecule has 0 aliphatic heterocycles. The molecule has 0 bridgehead atoms. The van der Waals surface area contributed by atoms with Gasteiger partial charge in [-0.25, -0.2) is 4.98 Å². The Balaban J connectivity index is 2.09. The number of nitriles is 1. The number of anilines is 2. The number of ether oxygens (including phenoxy) is 2. The van der Waals surface area contributed by atoms with Crippen molar-refractivity contribution in [2.75, 3.05) is 18.6 Å². The van der Waals surface area contributed by atoms with Crippen LogP contribution in [0.15, 0.2) is 42.5 Å². The monoisotopic (exact) mass is 381 g/mol. The van der Waals surface area contributed by atoms with Gasteiger partial charge in [0.2, 0.25) is 5.95 Å². The van der Waals surface area contributed by atoms with Gasteiger partial charge in [-0.1, -0.05) is 29.8 Å². The maximum Gasteiger partial charge on any atom is 0.222 e. The number of aromatic nitrogens is 2. The number of hydrogen-bond donors (Lipinski definition) is 2. The molecule has 8 heteroatoms. The second kappa shape index (κ2) is 7.81. The highest BCUT2D eigenvalue weighted by molar-refractivity contribution is 6.30. The number of hydrogen-bond acceptors (Lipinski definition) is 7. The fourth-order valence-corrected chi connectivity index (χ4v) is 2.81. The number of para-hydroxylation sites is 1. The van der Waals surface area contributed by atoms with Gasteiger partial charge in [-0.2, -0.15) is 10.2 Å². The number of rotatable bonds is 5. The second-order valence-electron chi connectivity index (χ2n) is 5.56. The molecule has 0 atom stereocenters. The van der Waals surface area contributed by atoms with Gasteiger partial charge < -0.3 is 20.9 Å². The van der Waals surface area contributed by atoms with E-state index in [9.17, 15) is 5.26 Å². The molecule has 27 heavy (non-hydrogen) atoms. The summed E-state index contributed by atoms with van der Waals surface area (Å²) in [7, 11) is 1.53. The van der Waals surface area contributed by atoms with Crippen LogP contribution in [0.2, 0.25) is 5.02 Å². The molecule has 4 N–H and O–H groups in total. The maximum absolute atomic E-state index is 9.47. The van der Waals surface area contributed by atoms with Crippen molar-refractivity contribution >= 4 is 23.4 Å². The van der Waals surface area contributed by atoms with E-state index < -0.39 is 0 Å². The summed E-state index contributed by atoms with van der Waals surface area (Å²) >= 11 is 6.03. The fourth-order valence-electron chi connectivity index (χ4n) is 2.60. The van der Waals surface area contributed by atoms with E-state index in [2.05, 4.69) is 9.97 Å². The van der Waals surface area contributed by atoms with E-state index in [0.29, 0.717) is 22.1 Å². The third-order valence-corrected chi connectivity index (χ3v) is 4.03. The Bertz CT molecular complexity index is 1030. The van der Waals surface area contributed by atoms with Crippen molar-refractivity contribution < 1.29 is 9.47 Å². The van der Waals surface area contributed by atoms with Gasteiger partial charge in [0.05, 0.1) is 12.8 Å². The van der Waals surface area contributed by atoms with Crippen molar-refractivity contribution in [3.63, 3.8) is 0 Å². The maximum atomic E-state index is 9.47. The number of nitrogens with zero attached hydrogens (tertiary/aromatic N) is 3.